The van der Waals surface area contributed by atoms with E-state index in [1.165, 1.54) is 6.07 Å². The Bertz CT molecular complexity index is 1250. The van der Waals surface area contributed by atoms with Crippen LogP contribution in [0.25, 0.3) is 0 Å². The van der Waals surface area contributed by atoms with Gasteiger partial charge in [-0.2, -0.15) is 0 Å². The molecule has 2 saturated carbocycles. The summed E-state index contributed by atoms with van der Waals surface area (Å²) in [4.78, 5) is 68.7. The van der Waals surface area contributed by atoms with Gasteiger partial charge in [-0.05, 0) is 74.8 Å². The van der Waals surface area contributed by atoms with Crippen molar-refractivity contribution in [2.75, 3.05) is 20.1 Å². The minimum atomic E-state index is -2.67. The van der Waals surface area contributed by atoms with Crippen molar-refractivity contribution in [3.8, 4) is 5.75 Å². The average molecular weight is 540 g/mol. The molecule has 0 radical (unpaired) electrons. The zero-order valence-corrected chi connectivity index (χ0v) is 22.6. The highest BCUT2D eigenvalue weighted by Gasteiger charge is 2.69. The number of phenols is 1. The van der Waals surface area contributed by atoms with Gasteiger partial charge in [-0.1, -0.05) is 19.9 Å². The number of aliphatic hydroxyl groups is 1. The third kappa shape index (κ3) is 4.24. The molecule has 0 spiro atoms. The minimum absolute atomic E-state index is 0.0422. The van der Waals surface area contributed by atoms with Crippen molar-refractivity contribution in [3.05, 3.63) is 28.8 Å². The molecule has 3 fully saturated rings. The summed E-state index contributed by atoms with van der Waals surface area (Å²) in [7, 11) is 2.09. The molecule has 10 heteroatoms. The molecule has 1 aromatic rings. The van der Waals surface area contributed by atoms with Gasteiger partial charge in [0.2, 0.25) is 5.91 Å². The average Bonchev–Trinajstić information content (AvgIpc) is 2.86. The van der Waals surface area contributed by atoms with Crippen LogP contribution in [0.1, 0.15) is 54.6 Å². The molecule has 6 atom stereocenters. The quantitative estimate of drug-likeness (QED) is 0.387. The van der Waals surface area contributed by atoms with Crippen LogP contribution < -0.4 is 11.1 Å². The Kier molecular flexibility index (Phi) is 7.01. The number of hydrogen-bond donors (Lipinski definition) is 4. The van der Waals surface area contributed by atoms with E-state index in [9.17, 15) is 34.2 Å². The lowest BCUT2D eigenvalue weighted by Gasteiger charge is -2.52. The van der Waals surface area contributed by atoms with Crippen LogP contribution in [0, 0.1) is 35.5 Å². The number of phenolic OH excluding ortho intramolecular Hbond substituents is 1. The first-order valence-corrected chi connectivity index (χ1v) is 13.8. The largest absolute Gasteiger partial charge is 0.507 e. The fourth-order valence-electron chi connectivity index (χ4n) is 7.55. The second kappa shape index (κ2) is 9.91. The lowest BCUT2D eigenvalue weighted by atomic mass is 9.49. The van der Waals surface area contributed by atoms with Crippen molar-refractivity contribution in [2.24, 2.45) is 41.2 Å². The van der Waals surface area contributed by atoms with Gasteiger partial charge in [-0.25, -0.2) is 0 Å². The lowest BCUT2D eigenvalue weighted by Crippen LogP contribution is -2.71. The number of benzene rings is 1. The molecular weight excluding hydrogens is 502 g/mol. The fraction of sp³-hybridized carbons (Fsp3) is 0.621. The third-order valence-corrected chi connectivity index (χ3v) is 9.59. The van der Waals surface area contributed by atoms with Gasteiger partial charge >= 0.3 is 0 Å². The third-order valence-electron chi connectivity index (χ3n) is 9.59. The van der Waals surface area contributed by atoms with Crippen LogP contribution in [0.2, 0.25) is 0 Å². The van der Waals surface area contributed by atoms with Crippen molar-refractivity contribution in [1.82, 2.24) is 10.2 Å². The zero-order valence-electron chi connectivity index (χ0n) is 22.6. The predicted octanol–water partition coefficient (Wildman–Crippen LogP) is 0.393. The number of carbonyl (C=O) groups is 5. The van der Waals surface area contributed by atoms with E-state index in [1.807, 2.05) is 0 Å². The molecule has 39 heavy (non-hydrogen) atoms. The van der Waals surface area contributed by atoms with Gasteiger partial charge in [0.25, 0.3) is 0 Å². The van der Waals surface area contributed by atoms with Gasteiger partial charge in [-0.3, -0.25) is 24.0 Å². The number of Topliss-reactive ketones (excluding diaryl/α,β-unsaturated/α-hetero) is 4. The monoisotopic (exact) mass is 539 g/mol. The number of hydrogen-bond acceptors (Lipinski definition) is 9. The summed E-state index contributed by atoms with van der Waals surface area (Å²) in [5.41, 5.74) is 4.26. The first kappa shape index (κ1) is 27.6. The van der Waals surface area contributed by atoms with Crippen LogP contribution in [0.15, 0.2) is 12.1 Å². The SMILES string of the molecule is CC(C)[C@@H]1C(=O)C(C(N)=O)C(=O)[C@@]2(O)C(=O)C3C(=O)c4c(O)ccc(CNC5CCN(C)CC5)c4C[C@H]3C[C@@H]12. The van der Waals surface area contributed by atoms with E-state index < -0.39 is 64.2 Å². The number of ketones is 4. The van der Waals surface area contributed by atoms with Gasteiger partial charge in [0.05, 0.1) is 11.5 Å². The van der Waals surface area contributed by atoms with Crippen LogP contribution >= 0.6 is 0 Å². The number of piperidine rings is 1. The number of nitrogens with one attached hydrogen (secondary N) is 1. The van der Waals surface area contributed by atoms with Crippen LogP contribution in [0.3, 0.4) is 0 Å². The van der Waals surface area contributed by atoms with Crippen molar-refractivity contribution >= 4 is 29.0 Å². The molecule has 2 unspecified atom stereocenters. The topological polar surface area (TPSA) is 167 Å². The van der Waals surface area contributed by atoms with Crippen molar-refractivity contribution in [2.45, 2.75) is 57.7 Å². The number of carbonyl (C=O) groups excluding carboxylic acids is 5. The standard InChI is InChI=1S/C29H37N3O7/c1-13(2)20-18-11-15-10-17-14(12-31-16-6-8-32(3)9-7-16)4-5-19(33)22(17)25(35)21(15)26(36)29(18,39)27(37)23(24(20)34)28(30)38/h4-5,13,15-16,18,20-21,23,31,33,39H,6-12H2,1-3H3,(H2,30,38)/t15-,18-,20-,21?,23?,29-/m0/s1. The molecular formula is C29H37N3O7. The summed E-state index contributed by atoms with van der Waals surface area (Å²) in [6, 6.07) is 3.55. The Morgan fingerprint density at radius 2 is 1.82 bits per heavy atom. The van der Waals surface area contributed by atoms with Crippen molar-refractivity contribution < 1.29 is 34.2 Å². The highest BCUT2D eigenvalue weighted by Crippen LogP contribution is 2.53. The highest BCUT2D eigenvalue weighted by molar-refractivity contribution is 6.31. The van der Waals surface area contributed by atoms with Crippen LogP contribution in [0.4, 0.5) is 0 Å². The Labute approximate surface area is 227 Å². The van der Waals surface area contributed by atoms with E-state index in [0.29, 0.717) is 18.2 Å². The summed E-state index contributed by atoms with van der Waals surface area (Å²) >= 11 is 0. The summed E-state index contributed by atoms with van der Waals surface area (Å²) in [6.45, 7) is 5.95. The number of primary amides is 1. The van der Waals surface area contributed by atoms with Crippen LogP contribution in [0.5, 0.6) is 5.75 Å². The van der Waals surface area contributed by atoms with Crippen molar-refractivity contribution in [1.29, 1.82) is 0 Å². The molecule has 4 aliphatic rings. The first-order chi connectivity index (χ1) is 18.4. The molecule has 5 rings (SSSR count). The molecule has 3 aliphatic carbocycles. The Hall–Kier alpha value is -2.95. The summed E-state index contributed by atoms with van der Waals surface area (Å²) in [5, 5.41) is 25.9. The van der Waals surface area contributed by atoms with Gasteiger partial charge in [0.1, 0.15) is 5.75 Å². The molecule has 210 valence electrons. The number of fused-ring (bicyclic) bond motifs is 3. The molecule has 1 saturated heterocycles. The zero-order chi connectivity index (χ0) is 28.4. The Morgan fingerprint density at radius 3 is 2.44 bits per heavy atom. The second-order valence-corrected chi connectivity index (χ2v) is 12.2. The summed E-state index contributed by atoms with van der Waals surface area (Å²) < 4.78 is 0. The van der Waals surface area contributed by atoms with Gasteiger partial charge < -0.3 is 26.2 Å². The molecule has 0 aromatic heterocycles. The van der Waals surface area contributed by atoms with E-state index in [1.54, 1.807) is 19.9 Å². The minimum Gasteiger partial charge on any atom is -0.507 e. The predicted molar refractivity (Wildman–Crippen MR) is 140 cm³/mol. The maximum Gasteiger partial charge on any atom is 0.235 e. The van der Waals surface area contributed by atoms with E-state index in [4.69, 9.17) is 5.73 Å². The second-order valence-electron chi connectivity index (χ2n) is 12.2. The first-order valence-electron chi connectivity index (χ1n) is 13.8. The number of amides is 1. The maximum absolute atomic E-state index is 13.9. The number of nitrogens with zero attached hydrogens (tertiary/aromatic N) is 1. The molecule has 1 aliphatic heterocycles. The molecule has 1 aromatic carbocycles. The molecule has 5 N–H and O–H groups in total. The lowest BCUT2D eigenvalue weighted by molar-refractivity contribution is -0.182. The Morgan fingerprint density at radius 1 is 1.15 bits per heavy atom. The number of rotatable bonds is 5. The molecule has 0 bridgehead atoms. The van der Waals surface area contributed by atoms with E-state index in [2.05, 4.69) is 17.3 Å². The van der Waals surface area contributed by atoms with Gasteiger partial charge in [-0.15, -0.1) is 0 Å². The summed E-state index contributed by atoms with van der Waals surface area (Å²) in [6.07, 6.45) is 2.37. The molecule has 1 amide bonds. The fourth-order valence-corrected chi connectivity index (χ4v) is 7.55. The van der Waals surface area contributed by atoms with Crippen LogP contribution in [-0.2, 0) is 32.1 Å². The summed E-state index contributed by atoms with van der Waals surface area (Å²) in [5.74, 6) is -11.2. The maximum atomic E-state index is 13.9. The normalized spacial score (nSPS) is 33.6. The van der Waals surface area contributed by atoms with Gasteiger partial charge in [0.15, 0.2) is 34.7 Å². The Balaban J connectivity index is 1.51. The van der Waals surface area contributed by atoms with Crippen molar-refractivity contribution in [3.63, 3.8) is 0 Å². The number of aromatic hydroxyl groups is 1. The number of nitrogens with two attached hydrogens (primary N) is 1. The van der Waals surface area contributed by atoms with E-state index >= 15 is 0 Å². The van der Waals surface area contributed by atoms with Crippen LogP contribution in [-0.4, -0.2) is 75.9 Å². The van der Waals surface area contributed by atoms with Gasteiger partial charge in [0, 0.05) is 24.4 Å². The molecule has 10 nitrogen and oxygen atoms in total. The highest BCUT2D eigenvalue weighted by atomic mass is 16.3. The van der Waals surface area contributed by atoms with E-state index in [-0.39, 0.29) is 30.1 Å². The number of likely N-dealkylation sites (tertiary alicyclic amines) is 1. The molecule has 1 heterocycles. The smallest absolute Gasteiger partial charge is 0.235 e. The van der Waals surface area contributed by atoms with E-state index in [0.717, 1.165) is 31.5 Å².